The third-order valence-corrected chi connectivity index (χ3v) is 12.4. The number of nitrogens with zero attached hydrogens (tertiary/aromatic N) is 2. The normalized spacial score (nSPS) is 11.5. The minimum atomic E-state index is 0.892. The Kier molecular flexibility index (Phi) is 8.83. The topological polar surface area (TPSA) is 21.3 Å². The SMILES string of the molecule is c1ccc(-c2ccc(-c3ccccc3N(c3ccc(-c4ccccc4)cc3)c3ccc4c5ccccc5n(-c5ccccc5-c5cccc6c5oc5ccccc56)c4c3)cc2)cc1. The highest BCUT2D eigenvalue weighted by Gasteiger charge is 2.22. The van der Waals surface area contributed by atoms with E-state index in [9.17, 15) is 0 Å². The van der Waals surface area contributed by atoms with Crippen LogP contribution >= 0.6 is 0 Å². The summed E-state index contributed by atoms with van der Waals surface area (Å²) in [7, 11) is 0. The second-order valence-electron chi connectivity index (χ2n) is 16.1. The highest BCUT2D eigenvalue weighted by molar-refractivity contribution is 6.13. The van der Waals surface area contributed by atoms with E-state index >= 15 is 0 Å². The van der Waals surface area contributed by atoms with Gasteiger partial charge in [0.1, 0.15) is 11.2 Å². The van der Waals surface area contributed by atoms with E-state index in [1.807, 2.05) is 6.07 Å². The lowest BCUT2D eigenvalue weighted by Gasteiger charge is -2.28. The summed E-state index contributed by atoms with van der Waals surface area (Å²) in [5.74, 6) is 0. The molecule has 0 fully saturated rings. The van der Waals surface area contributed by atoms with Crippen molar-refractivity contribution in [2.24, 2.45) is 0 Å². The van der Waals surface area contributed by atoms with Crippen LogP contribution in [0.1, 0.15) is 0 Å². The minimum Gasteiger partial charge on any atom is -0.455 e. The summed E-state index contributed by atoms with van der Waals surface area (Å²) in [6, 6.07) is 87.1. The molecule has 2 heterocycles. The molecule has 2 aromatic heterocycles. The number of hydrogen-bond donors (Lipinski definition) is 0. The Labute approximate surface area is 366 Å². The molecule has 0 radical (unpaired) electrons. The van der Waals surface area contributed by atoms with E-state index in [1.165, 1.54) is 33.0 Å². The number of benzene rings is 10. The first-order valence-corrected chi connectivity index (χ1v) is 21.5. The predicted molar refractivity (Wildman–Crippen MR) is 264 cm³/mol. The number of aromatic nitrogens is 1. The van der Waals surface area contributed by atoms with Gasteiger partial charge in [-0.05, 0) is 76.3 Å². The first kappa shape index (κ1) is 36.5. The molecule has 0 N–H and O–H groups in total. The van der Waals surface area contributed by atoms with E-state index in [0.29, 0.717) is 0 Å². The number of fused-ring (bicyclic) bond motifs is 6. The van der Waals surface area contributed by atoms with Crippen LogP contribution in [0.5, 0.6) is 0 Å². The van der Waals surface area contributed by atoms with Gasteiger partial charge >= 0.3 is 0 Å². The fourth-order valence-corrected chi connectivity index (χ4v) is 9.46. The third-order valence-electron chi connectivity index (χ3n) is 12.4. The molecule has 0 spiro atoms. The molecule has 3 nitrogen and oxygen atoms in total. The van der Waals surface area contributed by atoms with Crippen molar-refractivity contribution in [3.05, 3.63) is 243 Å². The maximum Gasteiger partial charge on any atom is 0.143 e. The molecular weight excluding hydrogens is 765 g/mol. The molecule has 10 aromatic carbocycles. The molecule has 0 aliphatic carbocycles. The lowest BCUT2D eigenvalue weighted by Crippen LogP contribution is -2.11. The molecule has 63 heavy (non-hydrogen) atoms. The van der Waals surface area contributed by atoms with Crippen LogP contribution < -0.4 is 4.90 Å². The number of hydrogen-bond acceptors (Lipinski definition) is 2. The van der Waals surface area contributed by atoms with Gasteiger partial charge < -0.3 is 13.9 Å². The fourth-order valence-electron chi connectivity index (χ4n) is 9.46. The molecule has 3 heteroatoms. The zero-order chi connectivity index (χ0) is 41.7. The number of para-hydroxylation sites is 5. The van der Waals surface area contributed by atoms with Crippen molar-refractivity contribution < 1.29 is 4.42 Å². The van der Waals surface area contributed by atoms with Crippen LogP contribution in [-0.4, -0.2) is 4.57 Å². The molecule has 12 aromatic rings. The summed E-state index contributed by atoms with van der Waals surface area (Å²) in [6.07, 6.45) is 0. The van der Waals surface area contributed by atoms with E-state index in [2.05, 4.69) is 246 Å². The van der Waals surface area contributed by atoms with E-state index in [-0.39, 0.29) is 0 Å². The number of furan rings is 1. The Bertz CT molecular complexity index is 3600. The molecule has 0 unspecified atom stereocenters. The van der Waals surface area contributed by atoms with Gasteiger partial charge in [-0.15, -0.1) is 0 Å². The van der Waals surface area contributed by atoms with Crippen LogP contribution in [0.2, 0.25) is 0 Å². The molecule has 0 amide bonds. The largest absolute Gasteiger partial charge is 0.455 e. The molecular formula is C60H40N2O. The lowest BCUT2D eigenvalue weighted by molar-refractivity contribution is 0.670. The zero-order valence-electron chi connectivity index (χ0n) is 34.4. The average molecular weight is 805 g/mol. The first-order valence-electron chi connectivity index (χ1n) is 21.5. The van der Waals surface area contributed by atoms with Crippen molar-refractivity contribution in [2.75, 3.05) is 4.90 Å². The summed E-state index contributed by atoms with van der Waals surface area (Å²) < 4.78 is 9.07. The summed E-state index contributed by atoms with van der Waals surface area (Å²) in [5.41, 5.74) is 17.6. The highest BCUT2D eigenvalue weighted by atomic mass is 16.3. The molecule has 12 rings (SSSR count). The summed E-state index contributed by atoms with van der Waals surface area (Å²) in [5, 5.41) is 4.63. The summed E-state index contributed by atoms with van der Waals surface area (Å²) >= 11 is 0. The second kappa shape index (κ2) is 15.3. The van der Waals surface area contributed by atoms with Crippen LogP contribution in [0.25, 0.3) is 93.9 Å². The monoisotopic (exact) mass is 804 g/mol. The average Bonchev–Trinajstić information content (AvgIpc) is 3.91. The van der Waals surface area contributed by atoms with Crippen molar-refractivity contribution in [2.45, 2.75) is 0 Å². The van der Waals surface area contributed by atoms with E-state index in [1.54, 1.807) is 0 Å². The van der Waals surface area contributed by atoms with Crippen LogP contribution in [-0.2, 0) is 0 Å². The van der Waals surface area contributed by atoms with Crippen LogP contribution in [0, 0.1) is 0 Å². The van der Waals surface area contributed by atoms with Gasteiger partial charge in [0.25, 0.3) is 0 Å². The predicted octanol–water partition coefficient (Wildman–Crippen LogP) is 16.8. The van der Waals surface area contributed by atoms with Gasteiger partial charge in [-0.3, -0.25) is 0 Å². The maximum absolute atomic E-state index is 6.63. The smallest absolute Gasteiger partial charge is 0.143 e. The van der Waals surface area contributed by atoms with Gasteiger partial charge in [0.15, 0.2) is 0 Å². The Balaban J connectivity index is 1.07. The summed E-state index contributed by atoms with van der Waals surface area (Å²) in [4.78, 5) is 2.41. The zero-order valence-corrected chi connectivity index (χ0v) is 34.4. The van der Waals surface area contributed by atoms with Gasteiger partial charge in [0.2, 0.25) is 0 Å². The fraction of sp³-hybridized carbons (Fsp3) is 0. The van der Waals surface area contributed by atoms with Crippen molar-refractivity contribution >= 4 is 60.8 Å². The molecule has 296 valence electrons. The lowest BCUT2D eigenvalue weighted by atomic mass is 9.98. The molecule has 0 saturated carbocycles. The highest BCUT2D eigenvalue weighted by Crippen LogP contribution is 2.45. The number of rotatable bonds is 8. The first-order chi connectivity index (χ1) is 31.3. The summed E-state index contributed by atoms with van der Waals surface area (Å²) in [6.45, 7) is 0. The van der Waals surface area contributed by atoms with Crippen molar-refractivity contribution in [1.82, 2.24) is 4.57 Å². The molecule has 0 atom stereocenters. The Morgan fingerprint density at radius 3 is 1.60 bits per heavy atom. The van der Waals surface area contributed by atoms with Gasteiger partial charge in [-0.25, -0.2) is 0 Å². The van der Waals surface area contributed by atoms with Gasteiger partial charge in [0.05, 0.1) is 22.4 Å². The Morgan fingerprint density at radius 1 is 0.317 bits per heavy atom. The van der Waals surface area contributed by atoms with Crippen molar-refractivity contribution in [1.29, 1.82) is 0 Å². The van der Waals surface area contributed by atoms with E-state index in [0.717, 1.165) is 78.0 Å². The third kappa shape index (κ3) is 6.29. The van der Waals surface area contributed by atoms with Crippen molar-refractivity contribution in [3.63, 3.8) is 0 Å². The van der Waals surface area contributed by atoms with Gasteiger partial charge in [-0.1, -0.05) is 194 Å². The van der Waals surface area contributed by atoms with E-state index in [4.69, 9.17) is 4.42 Å². The van der Waals surface area contributed by atoms with Crippen molar-refractivity contribution in [3.8, 4) is 50.2 Å². The molecule has 0 aliphatic rings. The van der Waals surface area contributed by atoms with Crippen LogP contribution in [0.4, 0.5) is 17.1 Å². The number of anilines is 3. The molecule has 0 saturated heterocycles. The Hall–Kier alpha value is -8.40. The minimum absolute atomic E-state index is 0.892. The van der Waals surface area contributed by atoms with Gasteiger partial charge in [0, 0.05) is 49.6 Å². The van der Waals surface area contributed by atoms with Gasteiger partial charge in [-0.2, -0.15) is 0 Å². The van der Waals surface area contributed by atoms with E-state index < -0.39 is 0 Å². The Morgan fingerprint density at radius 2 is 0.841 bits per heavy atom. The second-order valence-corrected chi connectivity index (χ2v) is 16.1. The molecule has 0 aliphatic heterocycles. The maximum atomic E-state index is 6.63. The van der Waals surface area contributed by atoms with Crippen LogP contribution in [0.15, 0.2) is 247 Å². The molecule has 0 bridgehead atoms. The van der Waals surface area contributed by atoms with Crippen LogP contribution in [0.3, 0.4) is 0 Å². The quantitative estimate of drug-likeness (QED) is 0.153. The standard InChI is InChI=1S/C60H40N2O/c1-3-16-41(17-4-1)43-30-32-45(33-31-43)48-20-7-11-26-55(48)61(46-36-34-44(35-37-46)42-18-5-2-6-19-42)47-38-39-51-49-21-8-12-27-56(49)62(58(51)40-47)57-28-13-9-22-50(57)53-24-15-25-54-52-23-10-14-29-59(52)63-60(53)54/h1-40H.